The van der Waals surface area contributed by atoms with Gasteiger partial charge in [0.2, 0.25) is 17.8 Å². The van der Waals surface area contributed by atoms with Gasteiger partial charge < -0.3 is 20.7 Å². The molecule has 0 fully saturated rings. The minimum absolute atomic E-state index is 0.217. The first-order valence-corrected chi connectivity index (χ1v) is 8.87. The molecule has 0 spiro atoms. The van der Waals surface area contributed by atoms with E-state index >= 15 is 0 Å². The molecule has 3 N–H and O–H groups in total. The number of aromatic nitrogens is 3. The van der Waals surface area contributed by atoms with Gasteiger partial charge >= 0.3 is 5.97 Å². The molecular weight excluding hydrogens is 320 g/mol. The lowest BCUT2D eigenvalue weighted by atomic mass is 10.3. The minimum Gasteiger partial charge on any atom is -0.460 e. The van der Waals surface area contributed by atoms with Crippen molar-refractivity contribution in [2.75, 3.05) is 42.2 Å². The van der Waals surface area contributed by atoms with Gasteiger partial charge in [-0.05, 0) is 19.8 Å². The SMILES string of the molecule is C=C(C)C(=O)OCCNc1nc(NCCCC)nc(NCCCC)n1. The third-order valence-corrected chi connectivity index (χ3v) is 3.23. The van der Waals surface area contributed by atoms with Crippen LogP contribution in [0, 0.1) is 0 Å². The maximum atomic E-state index is 11.3. The third kappa shape index (κ3) is 8.88. The lowest BCUT2D eigenvalue weighted by Gasteiger charge is -2.11. The standard InChI is InChI=1S/C17H30N6O2/c1-5-7-9-18-15-21-16(19-10-8-6-2)23-17(22-15)20-11-12-25-14(24)13(3)4/h3,5-12H2,1-2,4H3,(H3,18,19,20,21,22,23). The van der Waals surface area contributed by atoms with Crippen LogP contribution in [0.4, 0.5) is 17.8 Å². The van der Waals surface area contributed by atoms with Crippen molar-refractivity contribution in [2.24, 2.45) is 0 Å². The Kier molecular flexibility index (Phi) is 9.96. The molecule has 0 atom stereocenters. The van der Waals surface area contributed by atoms with Crippen molar-refractivity contribution < 1.29 is 9.53 Å². The maximum Gasteiger partial charge on any atom is 0.333 e. The van der Waals surface area contributed by atoms with E-state index < -0.39 is 5.97 Å². The first kappa shape index (κ1) is 20.7. The van der Waals surface area contributed by atoms with Crippen molar-refractivity contribution >= 4 is 23.8 Å². The molecule has 1 aromatic heterocycles. The van der Waals surface area contributed by atoms with Crippen LogP contribution in [0.5, 0.6) is 0 Å². The molecule has 140 valence electrons. The molecule has 0 aliphatic rings. The van der Waals surface area contributed by atoms with Crippen LogP contribution in [-0.4, -0.2) is 47.2 Å². The highest BCUT2D eigenvalue weighted by atomic mass is 16.5. The number of hydrogen-bond acceptors (Lipinski definition) is 8. The van der Waals surface area contributed by atoms with Gasteiger partial charge in [-0.2, -0.15) is 15.0 Å². The van der Waals surface area contributed by atoms with E-state index in [1.807, 2.05) is 0 Å². The Balaban J connectivity index is 2.61. The van der Waals surface area contributed by atoms with E-state index in [-0.39, 0.29) is 6.61 Å². The first-order chi connectivity index (χ1) is 12.1. The van der Waals surface area contributed by atoms with Crippen LogP contribution in [0.2, 0.25) is 0 Å². The second kappa shape index (κ2) is 12.0. The van der Waals surface area contributed by atoms with E-state index in [9.17, 15) is 4.79 Å². The molecule has 0 amide bonds. The summed E-state index contributed by atoms with van der Waals surface area (Å²) in [5.74, 6) is 1.11. The maximum absolute atomic E-state index is 11.3. The van der Waals surface area contributed by atoms with Gasteiger partial charge in [0.15, 0.2) is 0 Å². The molecule has 0 aliphatic carbocycles. The van der Waals surface area contributed by atoms with Gasteiger partial charge in [-0.1, -0.05) is 33.3 Å². The number of carbonyl (C=O) groups is 1. The Labute approximate surface area is 149 Å². The minimum atomic E-state index is -0.402. The number of carbonyl (C=O) groups excluding carboxylic acids is 1. The zero-order valence-corrected chi connectivity index (χ0v) is 15.5. The Bertz CT molecular complexity index is 522. The first-order valence-electron chi connectivity index (χ1n) is 8.87. The Morgan fingerprint density at radius 1 is 0.920 bits per heavy atom. The highest BCUT2D eigenvalue weighted by molar-refractivity contribution is 5.86. The van der Waals surface area contributed by atoms with Crippen LogP contribution in [0.3, 0.4) is 0 Å². The predicted octanol–water partition coefficient (Wildman–Crippen LogP) is 2.83. The van der Waals surface area contributed by atoms with E-state index in [4.69, 9.17) is 4.74 Å². The monoisotopic (exact) mass is 350 g/mol. The average Bonchev–Trinajstić information content (AvgIpc) is 2.59. The second-order valence-electron chi connectivity index (χ2n) is 5.71. The zero-order chi connectivity index (χ0) is 18.5. The Morgan fingerprint density at radius 2 is 1.36 bits per heavy atom. The van der Waals surface area contributed by atoms with Crippen LogP contribution in [-0.2, 0) is 9.53 Å². The van der Waals surface area contributed by atoms with Crippen LogP contribution in [0.15, 0.2) is 12.2 Å². The molecule has 1 heterocycles. The van der Waals surface area contributed by atoms with Crippen molar-refractivity contribution in [3.05, 3.63) is 12.2 Å². The van der Waals surface area contributed by atoms with Crippen molar-refractivity contribution in [2.45, 2.75) is 46.5 Å². The van der Waals surface area contributed by atoms with Gasteiger partial charge in [0.05, 0.1) is 6.54 Å². The molecule has 8 heteroatoms. The summed E-state index contributed by atoms with van der Waals surface area (Å²) in [7, 11) is 0. The van der Waals surface area contributed by atoms with E-state index in [1.165, 1.54) is 0 Å². The van der Waals surface area contributed by atoms with Gasteiger partial charge in [-0.15, -0.1) is 0 Å². The van der Waals surface area contributed by atoms with Crippen LogP contribution < -0.4 is 16.0 Å². The summed E-state index contributed by atoms with van der Waals surface area (Å²) < 4.78 is 5.04. The van der Waals surface area contributed by atoms with Crippen LogP contribution in [0.1, 0.15) is 46.5 Å². The van der Waals surface area contributed by atoms with E-state index in [0.717, 1.165) is 38.8 Å². The molecule has 0 aliphatic heterocycles. The summed E-state index contributed by atoms with van der Waals surface area (Å²) in [4.78, 5) is 24.4. The van der Waals surface area contributed by atoms with E-state index in [0.29, 0.717) is 30.0 Å². The molecule has 8 nitrogen and oxygen atoms in total. The van der Waals surface area contributed by atoms with E-state index in [1.54, 1.807) is 6.92 Å². The molecule has 0 bridgehead atoms. The van der Waals surface area contributed by atoms with Gasteiger partial charge in [-0.25, -0.2) is 4.79 Å². The fraction of sp³-hybridized carbons (Fsp3) is 0.647. The van der Waals surface area contributed by atoms with Crippen molar-refractivity contribution in [1.29, 1.82) is 0 Å². The van der Waals surface area contributed by atoms with Crippen molar-refractivity contribution in [1.82, 2.24) is 15.0 Å². The number of anilines is 3. The number of ether oxygens (including phenoxy) is 1. The summed E-state index contributed by atoms with van der Waals surface area (Å²) in [5, 5.41) is 9.45. The Morgan fingerprint density at radius 3 is 1.76 bits per heavy atom. The topological polar surface area (TPSA) is 101 Å². The van der Waals surface area contributed by atoms with Crippen LogP contribution >= 0.6 is 0 Å². The molecule has 0 saturated heterocycles. The van der Waals surface area contributed by atoms with Gasteiger partial charge in [0.25, 0.3) is 0 Å². The molecule has 1 rings (SSSR count). The number of nitrogens with zero attached hydrogens (tertiary/aromatic N) is 3. The highest BCUT2D eigenvalue weighted by Crippen LogP contribution is 2.10. The van der Waals surface area contributed by atoms with Gasteiger partial charge in [0.1, 0.15) is 6.61 Å². The van der Waals surface area contributed by atoms with Gasteiger partial charge in [-0.3, -0.25) is 0 Å². The third-order valence-electron chi connectivity index (χ3n) is 3.23. The van der Waals surface area contributed by atoms with Crippen molar-refractivity contribution in [3.8, 4) is 0 Å². The summed E-state index contributed by atoms with van der Waals surface area (Å²) >= 11 is 0. The summed E-state index contributed by atoms with van der Waals surface area (Å²) in [6.45, 7) is 11.7. The number of esters is 1. The number of unbranched alkanes of at least 4 members (excludes halogenated alkanes) is 2. The second-order valence-corrected chi connectivity index (χ2v) is 5.71. The Hall–Kier alpha value is -2.38. The quantitative estimate of drug-likeness (QED) is 0.284. The molecular formula is C17H30N6O2. The normalized spacial score (nSPS) is 10.2. The number of nitrogens with one attached hydrogen (secondary N) is 3. The lowest BCUT2D eigenvalue weighted by Crippen LogP contribution is -2.17. The van der Waals surface area contributed by atoms with Crippen molar-refractivity contribution in [3.63, 3.8) is 0 Å². The smallest absolute Gasteiger partial charge is 0.333 e. The molecule has 0 aromatic carbocycles. The molecule has 0 radical (unpaired) electrons. The highest BCUT2D eigenvalue weighted by Gasteiger charge is 2.07. The summed E-state index contributed by atoms with van der Waals surface area (Å²) in [6.07, 6.45) is 4.28. The lowest BCUT2D eigenvalue weighted by molar-refractivity contribution is -0.138. The average molecular weight is 350 g/mol. The predicted molar refractivity (Wildman–Crippen MR) is 101 cm³/mol. The number of hydrogen-bond donors (Lipinski definition) is 3. The summed E-state index contributed by atoms with van der Waals surface area (Å²) in [6, 6.07) is 0. The fourth-order valence-electron chi connectivity index (χ4n) is 1.80. The molecule has 0 unspecified atom stereocenters. The summed E-state index contributed by atoms with van der Waals surface area (Å²) in [5.41, 5.74) is 0.380. The number of rotatable bonds is 13. The zero-order valence-electron chi connectivity index (χ0n) is 15.5. The molecule has 0 saturated carbocycles. The van der Waals surface area contributed by atoms with E-state index in [2.05, 4.69) is 51.3 Å². The molecule has 25 heavy (non-hydrogen) atoms. The fourth-order valence-corrected chi connectivity index (χ4v) is 1.80. The molecule has 1 aromatic rings. The largest absolute Gasteiger partial charge is 0.460 e. The van der Waals surface area contributed by atoms with Gasteiger partial charge in [0, 0.05) is 18.7 Å². The van der Waals surface area contributed by atoms with Crippen LogP contribution in [0.25, 0.3) is 0 Å².